The van der Waals surface area contributed by atoms with Crippen molar-refractivity contribution >= 4 is 29.1 Å². The van der Waals surface area contributed by atoms with Crippen LogP contribution in [0.1, 0.15) is 16.2 Å². The molecule has 2 aromatic carbocycles. The van der Waals surface area contributed by atoms with Crippen LogP contribution in [0.15, 0.2) is 42.5 Å². The number of rotatable bonds is 5. The van der Waals surface area contributed by atoms with Gasteiger partial charge in [0.25, 0.3) is 5.91 Å². The number of amides is 1. The van der Waals surface area contributed by atoms with Crippen molar-refractivity contribution in [3.05, 3.63) is 63.9 Å². The van der Waals surface area contributed by atoms with E-state index in [9.17, 15) is 4.79 Å². The molecule has 2 N–H and O–H groups in total. The normalized spacial score (nSPS) is 10.8. The Morgan fingerprint density at radius 2 is 2.00 bits per heavy atom. The third-order valence-electron chi connectivity index (χ3n) is 3.63. The Morgan fingerprint density at radius 3 is 2.69 bits per heavy atom. The van der Waals surface area contributed by atoms with E-state index >= 15 is 0 Å². The maximum atomic E-state index is 12.2. The first kappa shape index (κ1) is 18.4. The quantitative estimate of drug-likeness (QED) is 0.700. The average Bonchev–Trinajstić information content (AvgIpc) is 3.07. The summed E-state index contributed by atoms with van der Waals surface area (Å²) in [5.41, 5.74) is 2.49. The van der Waals surface area contributed by atoms with E-state index in [1.165, 1.54) is 0 Å². The van der Waals surface area contributed by atoms with E-state index in [0.29, 0.717) is 21.6 Å². The van der Waals surface area contributed by atoms with Crippen molar-refractivity contribution in [2.24, 2.45) is 0 Å². The van der Waals surface area contributed by atoms with Gasteiger partial charge in [-0.15, -0.1) is 5.10 Å². The van der Waals surface area contributed by atoms with Crippen LogP contribution >= 0.6 is 23.2 Å². The molecule has 3 aromatic rings. The fourth-order valence-electron chi connectivity index (χ4n) is 2.42. The van der Waals surface area contributed by atoms with Crippen LogP contribution in [0.5, 0.6) is 0 Å². The maximum Gasteiger partial charge on any atom is 0.291 e. The molecule has 3 rings (SSSR count). The van der Waals surface area contributed by atoms with Gasteiger partial charge in [-0.25, -0.2) is 9.67 Å². The molecule has 0 aliphatic heterocycles. The molecule has 0 aliphatic carbocycles. The molecule has 1 heterocycles. The molecule has 0 spiro atoms. The van der Waals surface area contributed by atoms with Crippen molar-refractivity contribution in [2.45, 2.75) is 6.92 Å². The largest absolute Gasteiger partial charge is 0.395 e. The molecule has 0 bridgehead atoms. The number of hydrogen-bond acceptors (Lipinski definition) is 4. The van der Waals surface area contributed by atoms with Crippen LogP contribution in [-0.2, 0) is 0 Å². The van der Waals surface area contributed by atoms with Gasteiger partial charge in [0.15, 0.2) is 5.82 Å². The first-order valence-corrected chi connectivity index (χ1v) is 8.64. The van der Waals surface area contributed by atoms with Gasteiger partial charge in [0.2, 0.25) is 5.82 Å². The summed E-state index contributed by atoms with van der Waals surface area (Å²) >= 11 is 12.1. The van der Waals surface area contributed by atoms with Gasteiger partial charge in [0, 0.05) is 12.1 Å². The number of carbonyl (C=O) groups is 1. The molecule has 0 atom stereocenters. The van der Waals surface area contributed by atoms with Crippen molar-refractivity contribution in [1.82, 2.24) is 20.1 Å². The summed E-state index contributed by atoms with van der Waals surface area (Å²) in [6.07, 6.45) is 0. The lowest BCUT2D eigenvalue weighted by Crippen LogP contribution is -2.27. The second-order valence-electron chi connectivity index (χ2n) is 5.62. The number of aryl methyl sites for hydroxylation is 1. The van der Waals surface area contributed by atoms with Crippen molar-refractivity contribution in [1.29, 1.82) is 0 Å². The molecule has 1 amide bonds. The molecule has 1 aromatic heterocycles. The van der Waals surface area contributed by atoms with Gasteiger partial charge in [-0.1, -0.05) is 47.0 Å². The topological polar surface area (TPSA) is 80.0 Å². The molecule has 134 valence electrons. The highest BCUT2D eigenvalue weighted by atomic mass is 35.5. The summed E-state index contributed by atoms with van der Waals surface area (Å²) < 4.78 is 1.55. The summed E-state index contributed by atoms with van der Waals surface area (Å²) in [6.45, 7) is 1.93. The Kier molecular flexibility index (Phi) is 5.56. The number of aromatic nitrogens is 3. The summed E-state index contributed by atoms with van der Waals surface area (Å²) in [5.74, 6) is 0.0361. The smallest absolute Gasteiger partial charge is 0.291 e. The first-order chi connectivity index (χ1) is 12.5. The molecule has 0 saturated heterocycles. The molecule has 0 saturated carbocycles. The Bertz CT molecular complexity index is 956. The van der Waals surface area contributed by atoms with Gasteiger partial charge in [0.1, 0.15) is 0 Å². The summed E-state index contributed by atoms with van der Waals surface area (Å²) in [4.78, 5) is 16.6. The van der Waals surface area contributed by atoms with Crippen LogP contribution in [0.3, 0.4) is 0 Å². The highest BCUT2D eigenvalue weighted by molar-refractivity contribution is 6.42. The lowest BCUT2D eigenvalue weighted by molar-refractivity contribution is 0.0934. The zero-order valence-corrected chi connectivity index (χ0v) is 15.4. The van der Waals surface area contributed by atoms with E-state index < -0.39 is 5.91 Å². The molecule has 0 fully saturated rings. The third-order valence-corrected chi connectivity index (χ3v) is 4.37. The van der Waals surface area contributed by atoms with Crippen LogP contribution in [-0.4, -0.2) is 38.9 Å². The number of benzene rings is 2. The zero-order chi connectivity index (χ0) is 18.7. The molecule has 6 nitrogen and oxygen atoms in total. The van der Waals surface area contributed by atoms with Crippen LogP contribution < -0.4 is 5.32 Å². The van der Waals surface area contributed by atoms with Crippen LogP contribution in [0.25, 0.3) is 17.1 Å². The summed E-state index contributed by atoms with van der Waals surface area (Å²) in [5, 5.41) is 16.5. The van der Waals surface area contributed by atoms with Crippen molar-refractivity contribution in [2.75, 3.05) is 13.2 Å². The number of hydrogen-bond donors (Lipinski definition) is 2. The molecule has 8 heteroatoms. The minimum atomic E-state index is -0.466. The van der Waals surface area contributed by atoms with Gasteiger partial charge in [-0.3, -0.25) is 4.79 Å². The standard InChI is InChI=1S/C18H16Cl2N4O2/c1-11-3-2-4-12(9-11)17-22-16(18(26)21-7-8-25)23-24(17)13-5-6-14(19)15(20)10-13/h2-6,9-10,25H,7-8H2,1H3,(H,21,26). The van der Waals surface area contributed by atoms with Crippen LogP contribution in [0, 0.1) is 6.92 Å². The van der Waals surface area contributed by atoms with E-state index in [1.807, 2.05) is 31.2 Å². The van der Waals surface area contributed by atoms with Gasteiger partial charge < -0.3 is 10.4 Å². The number of aliphatic hydroxyl groups is 1. The van der Waals surface area contributed by atoms with Gasteiger partial charge >= 0.3 is 0 Å². The second-order valence-corrected chi connectivity index (χ2v) is 6.43. The lowest BCUT2D eigenvalue weighted by atomic mass is 10.1. The Labute approximate surface area is 160 Å². The Hall–Kier alpha value is -2.41. The van der Waals surface area contributed by atoms with Gasteiger partial charge in [-0.05, 0) is 31.2 Å². The van der Waals surface area contributed by atoms with Crippen molar-refractivity contribution < 1.29 is 9.90 Å². The molecular weight excluding hydrogens is 375 g/mol. The van der Waals surface area contributed by atoms with Crippen LogP contribution in [0.2, 0.25) is 10.0 Å². The molecule has 0 aliphatic rings. The Balaban J connectivity index is 2.12. The fourth-order valence-corrected chi connectivity index (χ4v) is 2.72. The second kappa shape index (κ2) is 7.86. The molecule has 26 heavy (non-hydrogen) atoms. The minimum Gasteiger partial charge on any atom is -0.395 e. The van der Waals surface area contributed by atoms with E-state index in [2.05, 4.69) is 15.4 Å². The Morgan fingerprint density at radius 1 is 1.19 bits per heavy atom. The maximum absolute atomic E-state index is 12.2. The molecule has 0 radical (unpaired) electrons. The molecule has 0 unspecified atom stereocenters. The van der Waals surface area contributed by atoms with E-state index in [4.69, 9.17) is 28.3 Å². The number of halogens is 2. The average molecular weight is 391 g/mol. The molecular formula is C18H16Cl2N4O2. The minimum absolute atomic E-state index is 0.000952. The van der Waals surface area contributed by atoms with E-state index in [1.54, 1.807) is 22.9 Å². The van der Waals surface area contributed by atoms with Gasteiger partial charge in [-0.2, -0.15) is 0 Å². The number of aliphatic hydroxyl groups excluding tert-OH is 1. The van der Waals surface area contributed by atoms with Crippen LogP contribution in [0.4, 0.5) is 0 Å². The van der Waals surface area contributed by atoms with E-state index in [-0.39, 0.29) is 19.0 Å². The van der Waals surface area contributed by atoms with Crippen molar-refractivity contribution in [3.63, 3.8) is 0 Å². The highest BCUT2D eigenvalue weighted by Gasteiger charge is 2.19. The zero-order valence-electron chi connectivity index (χ0n) is 13.9. The lowest BCUT2D eigenvalue weighted by Gasteiger charge is -2.07. The predicted molar refractivity (Wildman–Crippen MR) is 101 cm³/mol. The fraction of sp³-hybridized carbons (Fsp3) is 0.167. The van der Waals surface area contributed by atoms with Gasteiger partial charge in [0.05, 0.1) is 22.3 Å². The van der Waals surface area contributed by atoms with E-state index in [0.717, 1.165) is 11.1 Å². The number of nitrogens with zero attached hydrogens (tertiary/aromatic N) is 3. The predicted octanol–water partition coefficient (Wildman–Crippen LogP) is 3.27. The highest BCUT2D eigenvalue weighted by Crippen LogP contribution is 2.27. The SMILES string of the molecule is Cc1cccc(-c2nc(C(=O)NCCO)nn2-c2ccc(Cl)c(Cl)c2)c1. The first-order valence-electron chi connectivity index (χ1n) is 7.88. The summed E-state index contributed by atoms with van der Waals surface area (Å²) in [6, 6.07) is 12.8. The number of carbonyl (C=O) groups excluding carboxylic acids is 1. The monoisotopic (exact) mass is 390 g/mol. The van der Waals surface area contributed by atoms with Crippen molar-refractivity contribution in [3.8, 4) is 17.1 Å². The summed E-state index contributed by atoms with van der Waals surface area (Å²) in [7, 11) is 0. The number of nitrogens with one attached hydrogen (secondary N) is 1. The third kappa shape index (κ3) is 3.88.